The van der Waals surface area contributed by atoms with Crippen molar-refractivity contribution in [1.82, 2.24) is 0 Å². The maximum atomic E-state index is 10.5. The van der Waals surface area contributed by atoms with Crippen molar-refractivity contribution in [2.24, 2.45) is 0 Å². The number of carbonyl (C=O) groups excluding carboxylic acids is 1. The zero-order valence-corrected chi connectivity index (χ0v) is 30.2. The number of Topliss-reactive ketones (excluding diaryl/α,β-unsaturated/α-hetero) is 1. The number of hydrogen-bond acceptors (Lipinski definition) is 14. The Balaban J connectivity index is -0.0000000281. The summed E-state index contributed by atoms with van der Waals surface area (Å²) in [6, 6.07) is 0. The topological polar surface area (TPSA) is 291 Å². The van der Waals surface area contributed by atoms with Crippen molar-refractivity contribution < 1.29 is 246 Å². The van der Waals surface area contributed by atoms with E-state index in [1.165, 1.54) is 0 Å². The molecule has 136 valence electrons. The first-order valence-corrected chi connectivity index (χ1v) is 7.71. The van der Waals surface area contributed by atoms with E-state index >= 15 is 0 Å². The number of phosphoric acid groups is 2. The molecule has 0 amide bonds. The van der Waals surface area contributed by atoms with Crippen LogP contribution in [-0.4, -0.2) is 62.8 Å². The first-order chi connectivity index (χ1) is 9.54. The Morgan fingerprint density at radius 1 is 0.714 bits per heavy atom. The monoisotopic (exact) mass is 508 g/mol. The maximum Gasteiger partial charge on any atom is 1.00 e. The molecule has 0 radical (unpaired) electrons. The third-order valence-corrected chi connectivity index (χ3v) is 1.39. The van der Waals surface area contributed by atoms with Crippen molar-refractivity contribution in [2.75, 3.05) is 13.2 Å². The first kappa shape index (κ1) is 59.1. The Labute approximate surface area is 293 Å². The molecule has 0 aliphatic carbocycles. The van der Waals surface area contributed by atoms with Crippen LogP contribution in [-0.2, 0) is 13.9 Å². The zero-order valence-electron chi connectivity index (χ0n) is 16.5. The van der Waals surface area contributed by atoms with Crippen molar-refractivity contribution in [3.63, 3.8) is 0 Å². The molecule has 0 spiro atoms. The summed E-state index contributed by atoms with van der Waals surface area (Å²) in [6.07, 6.45) is -5.22. The number of aliphatic hydroxyl groups is 5. The van der Waals surface area contributed by atoms with E-state index in [2.05, 4.69) is 0 Å². The van der Waals surface area contributed by atoms with E-state index in [-0.39, 0.29) is 177 Å². The number of carbonyl (C=O) groups is 1. The molecule has 0 aliphatic heterocycles. The summed E-state index contributed by atoms with van der Waals surface area (Å²) >= 11 is 0. The molecule has 0 heterocycles. The van der Waals surface area contributed by atoms with Gasteiger partial charge in [0.05, 0.1) is 6.61 Å². The van der Waals surface area contributed by atoms with Gasteiger partial charge in [-0.25, -0.2) is 0 Å². The molecule has 3 atom stereocenters. The van der Waals surface area contributed by atoms with Gasteiger partial charge in [0.25, 0.3) is 0 Å². The first-order valence-electron chi connectivity index (χ1n) is 4.79. The van der Waals surface area contributed by atoms with Gasteiger partial charge in [-0.05, 0) is 0 Å². The van der Waals surface area contributed by atoms with E-state index < -0.39 is 53.0 Å². The minimum atomic E-state index is -5.39. The van der Waals surface area contributed by atoms with Crippen LogP contribution in [0.5, 0.6) is 0 Å². The van der Waals surface area contributed by atoms with E-state index in [4.69, 9.17) is 64.0 Å². The van der Waals surface area contributed by atoms with Gasteiger partial charge in [-0.1, -0.05) is 0 Å². The minimum Gasteiger partial charge on any atom is -0.822 e. The summed E-state index contributed by atoms with van der Waals surface area (Å²) in [4.78, 5) is 61.8. The standard InChI is InChI=1S/C6H12O6.6Na.2H3O4P/c7-1-3(9)5(11)6(12)4(10)2-8;;;;;;;2*1-5(2,3)4/h3,5-9,11-12H,1-2H2;;;;;;;2*(H3,1,2,3,4)/q;6*+1;;/p-6. The van der Waals surface area contributed by atoms with E-state index in [1.54, 1.807) is 0 Å². The second kappa shape index (κ2) is 32.7. The average Bonchev–Trinajstić information content (AvgIpc) is 2.30. The van der Waals surface area contributed by atoms with Crippen LogP contribution in [0.25, 0.3) is 0 Å². The minimum absolute atomic E-state index is 0. The van der Waals surface area contributed by atoms with Crippen molar-refractivity contribution in [3.05, 3.63) is 0 Å². The normalized spacial score (nSPS) is 12.1. The second-order valence-electron chi connectivity index (χ2n) is 3.20. The molecule has 0 saturated heterocycles. The van der Waals surface area contributed by atoms with Crippen molar-refractivity contribution >= 4 is 21.4 Å². The summed E-state index contributed by atoms with van der Waals surface area (Å²) < 4.78 is 17.1. The van der Waals surface area contributed by atoms with E-state index in [9.17, 15) is 4.79 Å². The fourth-order valence-electron chi connectivity index (χ4n) is 0.602. The number of aliphatic hydroxyl groups excluding tert-OH is 5. The van der Waals surface area contributed by atoms with Gasteiger partial charge in [-0.2, -0.15) is 15.6 Å². The Bertz CT molecular complexity index is 369. The zero-order chi connectivity index (χ0) is 18.7. The van der Waals surface area contributed by atoms with Crippen LogP contribution in [0.15, 0.2) is 0 Å². The molecule has 0 fully saturated rings. The molecule has 0 bridgehead atoms. The van der Waals surface area contributed by atoms with Crippen molar-refractivity contribution in [3.8, 4) is 0 Å². The summed E-state index contributed by atoms with van der Waals surface area (Å²) in [7, 11) is -10.8. The van der Waals surface area contributed by atoms with Crippen LogP contribution >= 0.6 is 15.6 Å². The molecular weight excluding hydrogens is 496 g/mol. The van der Waals surface area contributed by atoms with Gasteiger partial charge >= 0.3 is 177 Å². The third kappa shape index (κ3) is 63.4. The van der Waals surface area contributed by atoms with Gasteiger partial charge < -0.3 is 64.0 Å². The number of rotatable bonds is 5. The summed E-state index contributed by atoms with van der Waals surface area (Å²) in [5.74, 6) is -1.00. The number of hydrogen-bond donors (Lipinski definition) is 5. The Kier molecular flexibility index (Phi) is 69.0. The predicted molar refractivity (Wildman–Crippen MR) is 52.4 cm³/mol. The summed E-state index contributed by atoms with van der Waals surface area (Å²) in [6.45, 7) is -1.69. The van der Waals surface area contributed by atoms with Gasteiger partial charge in [-0.3, -0.25) is 4.79 Å². The molecular formula is C6H12Na6O14P2. The molecule has 0 saturated carbocycles. The molecule has 0 aromatic carbocycles. The molecule has 5 N–H and O–H groups in total. The summed E-state index contributed by atoms with van der Waals surface area (Å²) in [5.41, 5.74) is 0. The molecule has 0 aromatic rings. The van der Waals surface area contributed by atoms with Crippen LogP contribution in [0.3, 0.4) is 0 Å². The van der Waals surface area contributed by atoms with Gasteiger partial charge in [0, 0.05) is 0 Å². The van der Waals surface area contributed by atoms with Crippen molar-refractivity contribution in [1.29, 1.82) is 0 Å². The Hall–Kier alpha value is 5.69. The summed E-state index contributed by atoms with van der Waals surface area (Å²) in [5, 5.41) is 43.1. The van der Waals surface area contributed by atoms with Crippen LogP contribution in [0, 0.1) is 0 Å². The molecule has 28 heavy (non-hydrogen) atoms. The third-order valence-electron chi connectivity index (χ3n) is 1.39. The molecule has 0 aromatic heterocycles. The van der Waals surface area contributed by atoms with Crippen LogP contribution < -0.4 is 207 Å². The average molecular weight is 508 g/mol. The van der Waals surface area contributed by atoms with E-state index in [1.807, 2.05) is 0 Å². The maximum absolute atomic E-state index is 10.5. The second-order valence-corrected chi connectivity index (χ2v) is 4.99. The smallest absolute Gasteiger partial charge is 0.822 e. The van der Waals surface area contributed by atoms with E-state index in [0.29, 0.717) is 0 Å². The van der Waals surface area contributed by atoms with Crippen LogP contribution in [0.4, 0.5) is 0 Å². The van der Waals surface area contributed by atoms with Gasteiger partial charge in [0.15, 0.2) is 5.78 Å². The van der Waals surface area contributed by atoms with Crippen molar-refractivity contribution in [2.45, 2.75) is 18.3 Å². The SMILES string of the molecule is O=C(CO)C(O)C(O)C(O)CO.O=P([O-])([O-])[O-].O=P([O-])([O-])[O-].[Na+].[Na+].[Na+].[Na+].[Na+].[Na+]. The molecule has 14 nitrogen and oxygen atoms in total. The predicted octanol–water partition coefficient (Wildman–Crippen LogP) is -27.0. The quantitative estimate of drug-likeness (QED) is 0.170. The fourth-order valence-corrected chi connectivity index (χ4v) is 0.602. The molecule has 0 rings (SSSR count). The molecule has 0 aliphatic rings. The Morgan fingerprint density at radius 3 is 1.07 bits per heavy atom. The van der Waals surface area contributed by atoms with Crippen LogP contribution in [0.2, 0.25) is 0 Å². The van der Waals surface area contributed by atoms with E-state index in [0.717, 1.165) is 0 Å². The molecule has 22 heteroatoms. The van der Waals surface area contributed by atoms with Gasteiger partial charge in [0.2, 0.25) is 0 Å². The van der Waals surface area contributed by atoms with Gasteiger partial charge in [-0.15, -0.1) is 0 Å². The fraction of sp³-hybridized carbons (Fsp3) is 0.833. The van der Waals surface area contributed by atoms with Gasteiger partial charge in [0.1, 0.15) is 24.9 Å². The Morgan fingerprint density at radius 2 is 0.929 bits per heavy atom. The number of ketones is 1. The van der Waals surface area contributed by atoms with Crippen LogP contribution in [0.1, 0.15) is 0 Å². The molecule has 3 unspecified atom stereocenters. The largest absolute Gasteiger partial charge is 1.00 e.